The Hall–Kier alpha value is -0.186. The molecule has 0 aliphatic carbocycles. The molecule has 1 amide bonds. The van der Waals surface area contributed by atoms with Crippen molar-refractivity contribution in [2.75, 3.05) is 13.7 Å². The van der Waals surface area contributed by atoms with Gasteiger partial charge in [-0.3, -0.25) is 4.79 Å². The normalized spacial score (nSPS) is 18.7. The molecule has 0 bridgehead atoms. The van der Waals surface area contributed by atoms with Crippen molar-refractivity contribution in [2.24, 2.45) is 0 Å². The third-order valence-corrected chi connectivity index (χ3v) is 3.54. The van der Waals surface area contributed by atoms with Gasteiger partial charge in [-0.25, -0.2) is 6.08 Å². The van der Waals surface area contributed by atoms with Gasteiger partial charge in [0, 0.05) is 39.8 Å². The van der Waals surface area contributed by atoms with Gasteiger partial charge < -0.3 is 9.64 Å². The standard InChI is InChI=1S/C14H15BrNO2.Y/c1-3-18-11-6-4-10(5-7-11)13-9-8-12(15)14(17)16(13)2;/h4-7,12H,3,8H2,1-2H3;/q-1;. The minimum absolute atomic E-state index is 0. The number of rotatable bonds is 3. The van der Waals surface area contributed by atoms with Crippen LogP contribution in [0.3, 0.4) is 0 Å². The van der Waals surface area contributed by atoms with Gasteiger partial charge in [-0.15, -0.1) is 17.8 Å². The number of halogens is 1. The smallest absolute Gasteiger partial charge is 0.236 e. The third-order valence-electron chi connectivity index (χ3n) is 2.82. The molecule has 1 aromatic rings. The Labute approximate surface area is 147 Å². The maximum Gasteiger partial charge on any atom is 0.236 e. The van der Waals surface area contributed by atoms with Crippen LogP contribution in [-0.2, 0) is 37.5 Å². The van der Waals surface area contributed by atoms with Gasteiger partial charge in [0.25, 0.3) is 0 Å². The van der Waals surface area contributed by atoms with E-state index in [-0.39, 0.29) is 43.4 Å². The van der Waals surface area contributed by atoms with E-state index in [1.54, 1.807) is 11.9 Å². The summed E-state index contributed by atoms with van der Waals surface area (Å²) in [5.74, 6) is 0.905. The molecule has 2 rings (SSSR count). The largest absolute Gasteiger partial charge is 0.494 e. The molecule has 5 heteroatoms. The Kier molecular flexibility index (Phi) is 6.71. The second-order valence-electron chi connectivity index (χ2n) is 4.05. The topological polar surface area (TPSA) is 29.5 Å². The molecule has 19 heavy (non-hydrogen) atoms. The molecular formula is C14H15BrNO2Y-. The van der Waals surface area contributed by atoms with E-state index in [9.17, 15) is 4.79 Å². The summed E-state index contributed by atoms with van der Waals surface area (Å²) in [7, 11) is 1.77. The number of nitrogens with zero attached hydrogens (tertiary/aromatic N) is 1. The number of ether oxygens (including phenoxy) is 1. The Morgan fingerprint density at radius 1 is 1.42 bits per heavy atom. The maximum absolute atomic E-state index is 11.9. The first-order valence-corrected chi connectivity index (χ1v) is 6.80. The molecule has 0 saturated heterocycles. The second kappa shape index (κ2) is 7.56. The van der Waals surface area contributed by atoms with E-state index < -0.39 is 0 Å². The van der Waals surface area contributed by atoms with Crippen molar-refractivity contribution in [2.45, 2.75) is 18.2 Å². The van der Waals surface area contributed by atoms with Crippen LogP contribution in [0.4, 0.5) is 0 Å². The molecule has 1 heterocycles. The number of hydrogen-bond acceptors (Lipinski definition) is 2. The van der Waals surface area contributed by atoms with Crippen LogP contribution >= 0.6 is 15.9 Å². The Balaban J connectivity index is 0.00000180. The second-order valence-corrected chi connectivity index (χ2v) is 5.16. The molecule has 0 saturated carbocycles. The van der Waals surface area contributed by atoms with E-state index in [1.165, 1.54) is 0 Å². The molecule has 3 nitrogen and oxygen atoms in total. The van der Waals surface area contributed by atoms with Gasteiger partial charge in [-0.05, 0) is 19.1 Å². The minimum Gasteiger partial charge on any atom is -0.494 e. The van der Waals surface area contributed by atoms with Crippen molar-refractivity contribution in [3.05, 3.63) is 35.9 Å². The van der Waals surface area contributed by atoms with E-state index in [1.807, 2.05) is 31.2 Å². The van der Waals surface area contributed by atoms with Gasteiger partial charge in [-0.1, -0.05) is 22.4 Å². The summed E-state index contributed by atoms with van der Waals surface area (Å²) in [5, 5.41) is 0. The summed E-state index contributed by atoms with van der Waals surface area (Å²) >= 11 is 3.34. The first-order valence-electron chi connectivity index (χ1n) is 5.89. The van der Waals surface area contributed by atoms with E-state index in [0.29, 0.717) is 13.0 Å². The van der Waals surface area contributed by atoms with E-state index in [4.69, 9.17) is 4.74 Å². The van der Waals surface area contributed by atoms with Crippen LogP contribution < -0.4 is 4.74 Å². The average Bonchev–Trinajstić information content (AvgIpc) is 2.38. The molecule has 0 aromatic heterocycles. The van der Waals surface area contributed by atoms with Crippen LogP contribution in [0.15, 0.2) is 24.3 Å². The summed E-state index contributed by atoms with van der Waals surface area (Å²) in [6.45, 7) is 2.60. The quantitative estimate of drug-likeness (QED) is 0.579. The Morgan fingerprint density at radius 2 is 2.05 bits per heavy atom. The molecule has 0 fully saturated rings. The number of alkyl halides is 1. The summed E-state index contributed by atoms with van der Waals surface area (Å²) in [6.07, 6.45) is 3.85. The Morgan fingerprint density at radius 3 is 2.63 bits per heavy atom. The van der Waals surface area contributed by atoms with Crippen LogP contribution in [0.5, 0.6) is 5.75 Å². The van der Waals surface area contributed by atoms with Crippen molar-refractivity contribution < 1.29 is 42.2 Å². The van der Waals surface area contributed by atoms with Crippen LogP contribution in [0.1, 0.15) is 18.9 Å². The molecule has 1 atom stereocenters. The van der Waals surface area contributed by atoms with Crippen LogP contribution in [0, 0.1) is 6.08 Å². The number of carbonyl (C=O) groups is 1. The number of hydrogen-bond donors (Lipinski definition) is 0. The number of amides is 1. The minimum atomic E-state index is -0.158. The molecule has 99 valence electrons. The number of allylic oxidation sites excluding steroid dienone is 1. The molecule has 1 radical (unpaired) electrons. The van der Waals surface area contributed by atoms with Crippen molar-refractivity contribution >= 4 is 27.5 Å². The van der Waals surface area contributed by atoms with Crippen molar-refractivity contribution in [1.82, 2.24) is 4.90 Å². The van der Waals surface area contributed by atoms with Crippen molar-refractivity contribution in [1.29, 1.82) is 0 Å². The van der Waals surface area contributed by atoms with E-state index in [2.05, 4.69) is 22.0 Å². The van der Waals surface area contributed by atoms with Crippen molar-refractivity contribution in [3.8, 4) is 5.75 Å². The van der Waals surface area contributed by atoms with E-state index in [0.717, 1.165) is 17.0 Å². The van der Waals surface area contributed by atoms with Crippen molar-refractivity contribution in [3.63, 3.8) is 0 Å². The molecule has 0 N–H and O–H groups in total. The molecule has 1 aliphatic rings. The molecule has 1 aromatic carbocycles. The monoisotopic (exact) mass is 397 g/mol. The van der Waals surface area contributed by atoms with Crippen LogP contribution in [-0.4, -0.2) is 29.3 Å². The third kappa shape index (κ3) is 3.90. The first kappa shape index (κ1) is 16.9. The van der Waals surface area contributed by atoms with E-state index >= 15 is 0 Å². The Bertz CT molecular complexity index is 473. The summed E-state index contributed by atoms with van der Waals surface area (Å²) in [4.78, 5) is 13.4. The molecule has 1 aliphatic heterocycles. The molecule has 1 unspecified atom stereocenters. The summed E-state index contributed by atoms with van der Waals surface area (Å²) in [5.41, 5.74) is 1.81. The number of carbonyl (C=O) groups excluding carboxylic acids is 1. The zero-order chi connectivity index (χ0) is 13.1. The van der Waals surface area contributed by atoms with Gasteiger partial charge in [0.05, 0.1) is 11.4 Å². The first-order chi connectivity index (χ1) is 8.63. The van der Waals surface area contributed by atoms with Crippen LogP contribution in [0.25, 0.3) is 5.70 Å². The fraction of sp³-hybridized carbons (Fsp3) is 0.357. The van der Waals surface area contributed by atoms with Gasteiger partial charge in [0.2, 0.25) is 5.91 Å². The fourth-order valence-corrected chi connectivity index (χ4v) is 2.35. The predicted octanol–water partition coefficient (Wildman–Crippen LogP) is 2.85. The summed E-state index contributed by atoms with van der Waals surface area (Å²) < 4.78 is 5.40. The van der Waals surface area contributed by atoms with Gasteiger partial charge in [0.1, 0.15) is 5.75 Å². The number of benzene rings is 1. The average molecular weight is 398 g/mol. The molecular weight excluding hydrogens is 383 g/mol. The zero-order valence-corrected chi connectivity index (χ0v) is 15.4. The summed E-state index contributed by atoms with van der Waals surface area (Å²) in [6, 6.07) is 7.72. The fourth-order valence-electron chi connectivity index (χ4n) is 1.88. The van der Waals surface area contributed by atoms with Gasteiger partial charge in [-0.2, -0.15) is 5.56 Å². The van der Waals surface area contributed by atoms with Crippen LogP contribution in [0.2, 0.25) is 0 Å². The van der Waals surface area contributed by atoms with Gasteiger partial charge >= 0.3 is 0 Å². The predicted molar refractivity (Wildman–Crippen MR) is 74.4 cm³/mol. The zero-order valence-electron chi connectivity index (χ0n) is 11.0. The molecule has 0 spiro atoms. The van der Waals surface area contributed by atoms with Gasteiger partial charge in [0.15, 0.2) is 0 Å². The maximum atomic E-state index is 11.9. The SMILES string of the molecule is CCOc1ccc(C2=[C-]CC(Br)C(=O)N2C)cc1.[Y].